The molecule has 2 unspecified atom stereocenters. The topological polar surface area (TPSA) is 129 Å². The number of carbonyl (C=O) groups excluding carboxylic acids is 4. The molecule has 1 fully saturated rings. The zero-order valence-corrected chi connectivity index (χ0v) is 16.8. The van der Waals surface area contributed by atoms with Crippen LogP contribution in [-0.2, 0) is 20.9 Å². The molecule has 2 atom stereocenters. The van der Waals surface area contributed by atoms with Gasteiger partial charge >= 0.3 is 12.0 Å². The molecule has 1 aliphatic heterocycles. The lowest BCUT2D eigenvalue weighted by atomic mass is 9.90. The van der Waals surface area contributed by atoms with E-state index >= 15 is 0 Å². The van der Waals surface area contributed by atoms with Crippen LogP contribution in [0.1, 0.15) is 43.6 Å². The van der Waals surface area contributed by atoms with Crippen molar-refractivity contribution < 1.29 is 23.9 Å². The smallest absolute Gasteiger partial charge is 0.338 e. The van der Waals surface area contributed by atoms with Gasteiger partial charge in [-0.15, -0.1) is 0 Å². The first kappa shape index (κ1) is 21.9. The lowest BCUT2D eigenvalue weighted by Crippen LogP contribution is -2.52. The van der Waals surface area contributed by atoms with Crippen molar-refractivity contribution in [2.24, 2.45) is 5.92 Å². The Morgan fingerprint density at radius 1 is 1.34 bits per heavy atom. The van der Waals surface area contributed by atoms with Crippen LogP contribution in [0, 0.1) is 17.2 Å². The Morgan fingerprint density at radius 3 is 2.59 bits per heavy atom. The summed E-state index contributed by atoms with van der Waals surface area (Å²) in [6, 6.07) is 7.85. The summed E-state index contributed by atoms with van der Waals surface area (Å²) in [5.74, 6) is -1.79. The molecule has 29 heavy (non-hydrogen) atoms. The molecule has 1 aromatic rings. The van der Waals surface area contributed by atoms with Crippen molar-refractivity contribution in [1.82, 2.24) is 15.5 Å². The van der Waals surface area contributed by atoms with Crippen LogP contribution in [0.25, 0.3) is 0 Å². The standard InChI is InChI=1S/C20H24N4O5/c1-12(2)20(4,11-21)23-17(26)13(3)29-18(27)15-7-5-6-14(8-15)10-24-16(25)9-22-19(24)28/h5-8,12-13H,9-10H2,1-4H3,(H,22,28)(H,23,26). The number of nitrogens with one attached hydrogen (secondary N) is 2. The second kappa shape index (κ2) is 8.73. The summed E-state index contributed by atoms with van der Waals surface area (Å²) >= 11 is 0. The van der Waals surface area contributed by atoms with Gasteiger partial charge in [0.15, 0.2) is 6.10 Å². The first-order chi connectivity index (χ1) is 13.6. The summed E-state index contributed by atoms with van der Waals surface area (Å²) in [6.07, 6.45) is -1.11. The minimum atomic E-state index is -1.11. The Hall–Kier alpha value is -3.41. The van der Waals surface area contributed by atoms with E-state index in [9.17, 15) is 24.4 Å². The van der Waals surface area contributed by atoms with Crippen LogP contribution in [0.4, 0.5) is 4.79 Å². The molecule has 2 N–H and O–H groups in total. The summed E-state index contributed by atoms with van der Waals surface area (Å²) in [4.78, 5) is 49.1. The molecule has 0 aliphatic carbocycles. The predicted octanol–water partition coefficient (Wildman–Crippen LogP) is 1.34. The van der Waals surface area contributed by atoms with Gasteiger partial charge in [-0.05, 0) is 37.5 Å². The van der Waals surface area contributed by atoms with Crippen LogP contribution in [0.2, 0.25) is 0 Å². The molecule has 0 bridgehead atoms. The van der Waals surface area contributed by atoms with E-state index in [1.54, 1.807) is 32.9 Å². The number of hydrogen-bond donors (Lipinski definition) is 2. The highest BCUT2D eigenvalue weighted by Crippen LogP contribution is 2.16. The van der Waals surface area contributed by atoms with Gasteiger partial charge in [0.2, 0.25) is 5.91 Å². The average Bonchev–Trinajstić information content (AvgIpc) is 2.99. The van der Waals surface area contributed by atoms with Gasteiger partial charge in [0.1, 0.15) is 5.54 Å². The maximum atomic E-state index is 12.4. The van der Waals surface area contributed by atoms with Crippen molar-refractivity contribution in [2.45, 2.75) is 45.9 Å². The van der Waals surface area contributed by atoms with Crippen LogP contribution in [0.3, 0.4) is 0 Å². The van der Waals surface area contributed by atoms with Gasteiger partial charge in [-0.3, -0.25) is 14.5 Å². The van der Waals surface area contributed by atoms with Crippen LogP contribution in [0.5, 0.6) is 0 Å². The van der Waals surface area contributed by atoms with E-state index < -0.39 is 29.6 Å². The van der Waals surface area contributed by atoms with Gasteiger partial charge in [-0.25, -0.2) is 9.59 Å². The van der Waals surface area contributed by atoms with Crippen LogP contribution < -0.4 is 10.6 Å². The largest absolute Gasteiger partial charge is 0.449 e. The van der Waals surface area contributed by atoms with Crippen molar-refractivity contribution in [3.8, 4) is 6.07 Å². The number of amides is 4. The highest BCUT2D eigenvalue weighted by atomic mass is 16.5. The van der Waals surface area contributed by atoms with Gasteiger partial charge in [0.25, 0.3) is 5.91 Å². The van der Waals surface area contributed by atoms with Crippen molar-refractivity contribution in [3.63, 3.8) is 0 Å². The Kier molecular flexibility index (Phi) is 6.59. The van der Waals surface area contributed by atoms with E-state index in [2.05, 4.69) is 16.7 Å². The molecule has 1 saturated heterocycles. The van der Waals surface area contributed by atoms with E-state index in [0.717, 1.165) is 4.90 Å². The SMILES string of the molecule is CC(OC(=O)c1cccc(CN2C(=O)CNC2=O)c1)C(=O)NC(C)(C#N)C(C)C. The van der Waals surface area contributed by atoms with Crippen molar-refractivity contribution >= 4 is 23.8 Å². The van der Waals surface area contributed by atoms with E-state index in [1.165, 1.54) is 19.1 Å². The van der Waals surface area contributed by atoms with Crippen molar-refractivity contribution in [3.05, 3.63) is 35.4 Å². The molecule has 0 spiro atoms. The molecule has 1 heterocycles. The third-order valence-electron chi connectivity index (χ3n) is 4.86. The molecular formula is C20H24N4O5. The lowest BCUT2D eigenvalue weighted by Gasteiger charge is -2.28. The van der Waals surface area contributed by atoms with Crippen LogP contribution in [0.15, 0.2) is 24.3 Å². The summed E-state index contributed by atoms with van der Waals surface area (Å²) in [6.45, 7) is 6.60. The summed E-state index contributed by atoms with van der Waals surface area (Å²) in [7, 11) is 0. The maximum absolute atomic E-state index is 12.4. The van der Waals surface area contributed by atoms with Gasteiger partial charge in [0.05, 0.1) is 24.7 Å². The van der Waals surface area contributed by atoms with E-state index in [4.69, 9.17) is 4.74 Å². The third kappa shape index (κ3) is 5.10. The highest BCUT2D eigenvalue weighted by Gasteiger charge is 2.33. The highest BCUT2D eigenvalue weighted by molar-refractivity contribution is 6.01. The molecule has 2 rings (SSSR count). The number of imide groups is 1. The molecule has 1 aliphatic rings. The second-order valence-corrected chi connectivity index (χ2v) is 7.34. The van der Waals surface area contributed by atoms with Gasteiger partial charge in [-0.2, -0.15) is 5.26 Å². The van der Waals surface area contributed by atoms with E-state index in [-0.39, 0.29) is 30.5 Å². The number of esters is 1. The molecule has 0 aromatic heterocycles. The fourth-order valence-corrected chi connectivity index (χ4v) is 2.54. The number of nitrogens with zero attached hydrogens (tertiary/aromatic N) is 2. The molecule has 1 aromatic carbocycles. The maximum Gasteiger partial charge on any atom is 0.338 e. The lowest BCUT2D eigenvalue weighted by molar-refractivity contribution is -0.130. The van der Waals surface area contributed by atoms with Gasteiger partial charge in [0, 0.05) is 0 Å². The molecule has 9 nitrogen and oxygen atoms in total. The Balaban J connectivity index is 2.03. The van der Waals surface area contributed by atoms with E-state index in [1.807, 2.05) is 0 Å². The van der Waals surface area contributed by atoms with E-state index in [0.29, 0.717) is 5.56 Å². The Morgan fingerprint density at radius 2 is 2.03 bits per heavy atom. The zero-order chi connectivity index (χ0) is 21.8. The first-order valence-electron chi connectivity index (χ1n) is 9.18. The monoisotopic (exact) mass is 400 g/mol. The molecular weight excluding hydrogens is 376 g/mol. The fourth-order valence-electron chi connectivity index (χ4n) is 2.54. The Bertz CT molecular complexity index is 860. The van der Waals surface area contributed by atoms with Gasteiger partial charge in [-0.1, -0.05) is 26.0 Å². The summed E-state index contributed by atoms with van der Waals surface area (Å²) in [5.41, 5.74) is -0.333. The normalized spacial score (nSPS) is 16.6. The molecule has 9 heteroatoms. The number of urea groups is 1. The number of hydrogen-bond acceptors (Lipinski definition) is 6. The molecule has 0 radical (unpaired) electrons. The predicted molar refractivity (Wildman–Crippen MR) is 102 cm³/mol. The van der Waals surface area contributed by atoms with Crippen LogP contribution in [-0.4, -0.2) is 46.9 Å². The number of rotatable bonds is 7. The minimum Gasteiger partial charge on any atom is -0.449 e. The molecule has 0 saturated carbocycles. The van der Waals surface area contributed by atoms with Gasteiger partial charge < -0.3 is 15.4 Å². The first-order valence-corrected chi connectivity index (χ1v) is 9.18. The fraction of sp³-hybridized carbons (Fsp3) is 0.450. The summed E-state index contributed by atoms with van der Waals surface area (Å²) in [5, 5.41) is 14.3. The van der Waals surface area contributed by atoms with Crippen LogP contribution >= 0.6 is 0 Å². The number of carbonyl (C=O) groups is 4. The second-order valence-electron chi connectivity index (χ2n) is 7.34. The van der Waals surface area contributed by atoms with Crippen molar-refractivity contribution in [2.75, 3.05) is 6.54 Å². The number of ether oxygens (including phenoxy) is 1. The zero-order valence-electron chi connectivity index (χ0n) is 16.8. The van der Waals surface area contributed by atoms with Crippen molar-refractivity contribution in [1.29, 1.82) is 5.26 Å². The minimum absolute atomic E-state index is 0.0245. The number of benzene rings is 1. The Labute approximate surface area is 169 Å². The molecule has 154 valence electrons. The number of nitriles is 1. The molecule has 4 amide bonds. The quantitative estimate of drug-likeness (QED) is 0.525. The average molecular weight is 400 g/mol. The third-order valence-corrected chi connectivity index (χ3v) is 4.86. The summed E-state index contributed by atoms with van der Waals surface area (Å²) < 4.78 is 5.22.